The summed E-state index contributed by atoms with van der Waals surface area (Å²) in [6.07, 6.45) is -0.356. The van der Waals surface area contributed by atoms with Crippen molar-refractivity contribution < 1.29 is 28.7 Å². The van der Waals surface area contributed by atoms with Gasteiger partial charge in [0, 0.05) is 12.3 Å². The van der Waals surface area contributed by atoms with Crippen molar-refractivity contribution in [3.05, 3.63) is 0 Å². The average molecular weight is 300 g/mol. The van der Waals surface area contributed by atoms with E-state index in [2.05, 4.69) is 0 Å². The van der Waals surface area contributed by atoms with E-state index in [9.17, 15) is 9.13 Å². The number of nitrogens with two attached hydrogens (primary N) is 2. The Morgan fingerprint density at radius 1 is 1.00 bits per heavy atom. The summed E-state index contributed by atoms with van der Waals surface area (Å²) in [6, 6.07) is 0. The molecule has 0 rings (SSSR count). The number of rotatable bonds is 6. The first kappa shape index (κ1) is 20.5. The van der Waals surface area contributed by atoms with Gasteiger partial charge in [-0.15, -0.1) is 0 Å². The second-order valence-corrected chi connectivity index (χ2v) is 8.73. The Morgan fingerprint density at radius 3 is 1.35 bits per heavy atom. The summed E-state index contributed by atoms with van der Waals surface area (Å²) < 4.78 is 20.8. The molecule has 0 saturated carbocycles. The van der Waals surface area contributed by atoms with Crippen LogP contribution in [0.15, 0.2) is 0 Å². The monoisotopic (exact) mass is 300 g/mol. The van der Waals surface area contributed by atoms with Gasteiger partial charge in [0.15, 0.2) is 0 Å². The number of hydrogen-bond donors (Lipinski definition) is 6. The van der Waals surface area contributed by atoms with E-state index in [4.69, 9.17) is 31.0 Å². The van der Waals surface area contributed by atoms with E-state index in [0.717, 1.165) is 27.9 Å². The van der Waals surface area contributed by atoms with Crippen LogP contribution in [-0.4, -0.2) is 69.7 Å². The third-order valence-electron chi connectivity index (χ3n) is 1.52. The molecular weight excluding hydrogens is 281 g/mol. The fourth-order valence-electron chi connectivity index (χ4n) is 0.636. The summed E-state index contributed by atoms with van der Waals surface area (Å²) in [6.45, 7) is 0.645. The Balaban J connectivity index is 0. The summed E-state index contributed by atoms with van der Waals surface area (Å²) >= 11 is 1.02. The first-order valence-corrected chi connectivity index (χ1v) is 9.77. The van der Waals surface area contributed by atoms with Crippen molar-refractivity contribution in [2.45, 2.75) is 16.1 Å². The van der Waals surface area contributed by atoms with E-state index in [1.165, 1.54) is 0 Å². The van der Waals surface area contributed by atoms with Gasteiger partial charge in [-0.3, -0.25) is 9.13 Å². The molecule has 0 amide bonds. The SMILES string of the molecule is NC[CH](N)[Na].O=P(O)(O)CCCCP(=O)(O)O. The first-order valence-electron chi connectivity index (χ1n) is 5.02. The van der Waals surface area contributed by atoms with Crippen molar-refractivity contribution in [3.63, 3.8) is 0 Å². The number of unbranched alkanes of at least 4 members (excludes halogenated alkanes) is 1. The van der Waals surface area contributed by atoms with E-state index < -0.39 is 15.2 Å². The molecule has 17 heavy (non-hydrogen) atoms. The van der Waals surface area contributed by atoms with Crippen LogP contribution in [-0.2, 0) is 9.13 Å². The van der Waals surface area contributed by atoms with E-state index in [1.54, 1.807) is 0 Å². The molecule has 0 heterocycles. The zero-order chi connectivity index (χ0) is 14.1. The maximum Gasteiger partial charge on any atom is 0.325 e. The summed E-state index contributed by atoms with van der Waals surface area (Å²) in [5, 5.41) is 0. The van der Waals surface area contributed by atoms with Crippen LogP contribution in [0.3, 0.4) is 0 Å². The Hall–Kier alpha value is 1.22. The summed E-state index contributed by atoms with van der Waals surface area (Å²) in [5.74, 6) is 0. The van der Waals surface area contributed by atoms with Crippen LogP contribution >= 0.6 is 15.2 Å². The van der Waals surface area contributed by atoms with Gasteiger partial charge in [0.05, 0.1) is 0 Å². The van der Waals surface area contributed by atoms with E-state index in [1.807, 2.05) is 0 Å². The van der Waals surface area contributed by atoms with E-state index in [0.29, 0.717) is 9.84 Å². The average Bonchev–Trinajstić information content (AvgIpc) is 2.10. The second-order valence-electron chi connectivity index (χ2n) is 3.70. The summed E-state index contributed by atoms with van der Waals surface area (Å²) in [7, 11) is -8.00. The molecule has 0 saturated heterocycles. The van der Waals surface area contributed by atoms with E-state index >= 15 is 0 Å². The van der Waals surface area contributed by atoms with Crippen molar-refractivity contribution in [3.8, 4) is 0 Å². The number of hydrogen-bond acceptors (Lipinski definition) is 4. The van der Waals surface area contributed by atoms with Crippen LogP contribution in [0.4, 0.5) is 0 Å². The van der Waals surface area contributed by atoms with Crippen LogP contribution in [0.1, 0.15) is 12.8 Å². The van der Waals surface area contributed by atoms with Crippen LogP contribution in [0.25, 0.3) is 0 Å². The predicted octanol–water partition coefficient (Wildman–Crippen LogP) is -1.48. The van der Waals surface area contributed by atoms with Crippen molar-refractivity contribution >= 4 is 43.1 Å². The minimum Gasteiger partial charge on any atom is -0.324 e. The maximum atomic E-state index is 10.3. The molecular formula is C6H19N2NaO6P2. The van der Waals surface area contributed by atoms with Gasteiger partial charge in [-0.1, -0.05) is 0 Å². The molecule has 0 aromatic carbocycles. The van der Waals surface area contributed by atoms with Gasteiger partial charge in [0.1, 0.15) is 0 Å². The Morgan fingerprint density at radius 2 is 1.24 bits per heavy atom. The summed E-state index contributed by atoms with van der Waals surface area (Å²) in [4.78, 5) is 33.5. The van der Waals surface area contributed by atoms with Crippen molar-refractivity contribution in [1.82, 2.24) is 0 Å². The third kappa shape index (κ3) is 26.7. The van der Waals surface area contributed by atoms with Crippen LogP contribution in [0.5, 0.6) is 0 Å². The molecule has 1 unspecified atom stereocenters. The third-order valence-corrected chi connectivity index (χ3v) is 3.79. The largest absolute Gasteiger partial charge is 0.325 e. The zero-order valence-corrected chi connectivity index (χ0v) is 13.6. The van der Waals surface area contributed by atoms with Crippen LogP contribution in [0, 0.1) is 0 Å². The molecule has 0 aliphatic heterocycles. The molecule has 0 fully saturated rings. The van der Waals surface area contributed by atoms with Crippen molar-refractivity contribution in [2.75, 3.05) is 18.9 Å². The zero-order valence-electron chi connectivity index (χ0n) is 9.77. The van der Waals surface area contributed by atoms with Gasteiger partial charge in [-0.25, -0.2) is 0 Å². The van der Waals surface area contributed by atoms with Crippen molar-refractivity contribution in [1.29, 1.82) is 0 Å². The van der Waals surface area contributed by atoms with Gasteiger partial charge >= 0.3 is 64.4 Å². The van der Waals surface area contributed by atoms with Gasteiger partial charge in [0.25, 0.3) is 0 Å². The molecule has 8 nitrogen and oxygen atoms in total. The molecule has 0 radical (unpaired) electrons. The predicted molar refractivity (Wildman–Crippen MR) is 65.8 cm³/mol. The molecule has 0 aromatic rings. The Bertz CT molecular complexity index is 254. The molecule has 0 aromatic heterocycles. The smallest absolute Gasteiger partial charge is 0.324 e. The van der Waals surface area contributed by atoms with Crippen LogP contribution in [0.2, 0.25) is 0 Å². The van der Waals surface area contributed by atoms with Crippen LogP contribution < -0.4 is 11.5 Å². The molecule has 11 heteroatoms. The molecule has 0 aliphatic rings. The topological polar surface area (TPSA) is 167 Å². The molecule has 0 spiro atoms. The minimum absolute atomic E-state index is 0.134. The quantitative estimate of drug-likeness (QED) is 0.196. The molecule has 0 aliphatic carbocycles. The fraction of sp³-hybridized carbons (Fsp3) is 1.00. The normalized spacial score (nSPS) is 13.9. The standard InChI is InChI=1S/C4H12O6P2.C2H7N2.Na/c5-11(6,7)3-1-2-4-12(8,9)10;3-1-2-4;/h1-4H2,(H2,5,6,7)(H2,8,9,10);1H,2-4H2;. The fourth-order valence-corrected chi connectivity index (χ4v) is 1.91. The van der Waals surface area contributed by atoms with Gasteiger partial charge in [-0.2, -0.15) is 0 Å². The Labute approximate surface area is 118 Å². The van der Waals surface area contributed by atoms with Crippen molar-refractivity contribution in [2.24, 2.45) is 11.5 Å². The van der Waals surface area contributed by atoms with Gasteiger partial charge in [-0.05, 0) is 12.8 Å². The molecule has 0 bridgehead atoms. The first-order chi connectivity index (χ1) is 7.48. The molecule has 1 atom stereocenters. The molecule has 100 valence electrons. The second kappa shape index (κ2) is 10.1. The van der Waals surface area contributed by atoms with Gasteiger partial charge in [0.2, 0.25) is 0 Å². The summed E-state index contributed by atoms with van der Waals surface area (Å²) in [5.41, 5.74) is 10.3. The van der Waals surface area contributed by atoms with Gasteiger partial charge < -0.3 is 19.6 Å². The Kier molecular flexibility index (Phi) is 12.2. The maximum absolute atomic E-state index is 10.3. The minimum atomic E-state index is -4.00. The van der Waals surface area contributed by atoms with E-state index in [-0.39, 0.29) is 25.2 Å². The molecule has 8 N–H and O–H groups in total.